The molecule has 1 saturated heterocycles. The number of fused-ring (bicyclic) bond motifs is 1. The van der Waals surface area contributed by atoms with Crippen molar-refractivity contribution in [3.63, 3.8) is 0 Å². The molecule has 3 atom stereocenters. The molecule has 2 heterocycles. The summed E-state index contributed by atoms with van der Waals surface area (Å²) in [6, 6.07) is 6.24. The van der Waals surface area contributed by atoms with E-state index >= 15 is 0 Å². The molecule has 1 aromatic carbocycles. The van der Waals surface area contributed by atoms with Gasteiger partial charge in [0.15, 0.2) is 5.69 Å². The number of halogens is 1. The van der Waals surface area contributed by atoms with E-state index in [1.807, 2.05) is 0 Å². The minimum Gasteiger partial charge on any atom is -0.456 e. The van der Waals surface area contributed by atoms with Crippen LogP contribution >= 0.6 is 0 Å². The summed E-state index contributed by atoms with van der Waals surface area (Å²) in [7, 11) is 0. The van der Waals surface area contributed by atoms with Crippen LogP contribution in [0.1, 0.15) is 36.3 Å². The van der Waals surface area contributed by atoms with Gasteiger partial charge in [-0.15, -0.1) is 5.10 Å². The molecule has 0 radical (unpaired) electrons. The van der Waals surface area contributed by atoms with Crippen molar-refractivity contribution in [2.24, 2.45) is 11.3 Å². The summed E-state index contributed by atoms with van der Waals surface area (Å²) in [4.78, 5) is 12.4. The molecule has 2 aromatic rings. The fraction of sp³-hybridized carbons (Fsp3) is 0.500. The molecule has 1 aliphatic carbocycles. The lowest BCUT2D eigenvalue weighted by atomic mass is 9.59. The molecule has 1 aliphatic heterocycles. The molecule has 2 fully saturated rings. The van der Waals surface area contributed by atoms with Crippen molar-refractivity contribution in [2.75, 3.05) is 6.61 Å². The first kappa shape index (κ1) is 16.2. The lowest BCUT2D eigenvalue weighted by Crippen LogP contribution is -2.61. The average molecular weight is 345 g/mol. The maximum Gasteiger partial charge on any atom is 0.360 e. The van der Waals surface area contributed by atoms with Gasteiger partial charge >= 0.3 is 5.97 Å². The first-order valence-corrected chi connectivity index (χ1v) is 8.42. The summed E-state index contributed by atoms with van der Waals surface area (Å²) < 4.78 is 26.1. The van der Waals surface area contributed by atoms with E-state index in [0.717, 1.165) is 18.6 Å². The van der Waals surface area contributed by atoms with Gasteiger partial charge in [0.25, 0.3) is 0 Å². The van der Waals surface area contributed by atoms with Crippen LogP contribution in [0.4, 0.5) is 4.39 Å². The Bertz CT molecular complexity index is 804. The lowest BCUT2D eigenvalue weighted by Gasteiger charge is -2.52. The van der Waals surface area contributed by atoms with Crippen molar-refractivity contribution in [1.29, 1.82) is 0 Å². The standard InChI is InChI=1S/C18H20FN3O3/c1-18(2)15-13(6-7-24-15)16(18)25-17(23)14-10-22(21-20-14)9-11-4-3-5-12(19)8-11/h3-5,8,10,13,15-16H,6-7,9H2,1-2H3/t13-,15-,16-/m0/s1. The zero-order valence-electron chi connectivity index (χ0n) is 14.2. The smallest absolute Gasteiger partial charge is 0.360 e. The number of esters is 1. The van der Waals surface area contributed by atoms with E-state index in [4.69, 9.17) is 9.47 Å². The molecule has 7 heteroatoms. The molecular formula is C18H20FN3O3. The van der Waals surface area contributed by atoms with Crippen LogP contribution in [-0.4, -0.2) is 39.8 Å². The van der Waals surface area contributed by atoms with Gasteiger partial charge in [-0.1, -0.05) is 31.2 Å². The first-order valence-electron chi connectivity index (χ1n) is 8.42. The topological polar surface area (TPSA) is 66.2 Å². The number of benzene rings is 1. The second-order valence-corrected chi connectivity index (χ2v) is 7.32. The fourth-order valence-electron chi connectivity index (χ4n) is 3.98. The van der Waals surface area contributed by atoms with Crippen LogP contribution in [0.2, 0.25) is 0 Å². The molecule has 0 unspecified atom stereocenters. The maximum absolute atomic E-state index is 13.2. The van der Waals surface area contributed by atoms with Crippen LogP contribution < -0.4 is 0 Å². The first-order chi connectivity index (χ1) is 11.9. The van der Waals surface area contributed by atoms with Crippen molar-refractivity contribution >= 4 is 5.97 Å². The minimum absolute atomic E-state index is 0.161. The Morgan fingerprint density at radius 3 is 3.12 bits per heavy atom. The van der Waals surface area contributed by atoms with Crippen LogP contribution in [0.15, 0.2) is 30.5 Å². The summed E-state index contributed by atoms with van der Waals surface area (Å²) >= 11 is 0. The van der Waals surface area contributed by atoms with Crippen molar-refractivity contribution in [3.05, 3.63) is 47.5 Å². The van der Waals surface area contributed by atoms with E-state index in [9.17, 15) is 9.18 Å². The minimum atomic E-state index is -0.478. The number of carbonyl (C=O) groups excluding carboxylic acids is 1. The molecule has 132 valence electrons. The number of hydrogen-bond acceptors (Lipinski definition) is 5. The molecular weight excluding hydrogens is 325 g/mol. The van der Waals surface area contributed by atoms with Gasteiger partial charge in [-0.3, -0.25) is 0 Å². The monoisotopic (exact) mass is 345 g/mol. The van der Waals surface area contributed by atoms with Crippen molar-refractivity contribution in [1.82, 2.24) is 15.0 Å². The van der Waals surface area contributed by atoms with E-state index in [2.05, 4.69) is 24.2 Å². The zero-order chi connectivity index (χ0) is 17.6. The maximum atomic E-state index is 13.2. The van der Waals surface area contributed by atoms with Gasteiger partial charge in [-0.2, -0.15) is 0 Å². The van der Waals surface area contributed by atoms with E-state index in [0.29, 0.717) is 6.54 Å². The molecule has 1 aromatic heterocycles. The second kappa shape index (κ2) is 5.91. The van der Waals surface area contributed by atoms with Crippen LogP contribution in [0.5, 0.6) is 0 Å². The van der Waals surface area contributed by atoms with Crippen molar-refractivity contribution < 1.29 is 18.7 Å². The predicted octanol–water partition coefficient (Wildman–Crippen LogP) is 2.44. The lowest BCUT2D eigenvalue weighted by molar-refractivity contribution is -0.183. The van der Waals surface area contributed by atoms with E-state index in [-0.39, 0.29) is 35.1 Å². The molecule has 2 aliphatic rings. The average Bonchev–Trinajstić information content (AvgIpc) is 3.20. The highest BCUT2D eigenvalue weighted by atomic mass is 19.1. The number of rotatable bonds is 4. The highest BCUT2D eigenvalue weighted by Gasteiger charge is 2.61. The summed E-state index contributed by atoms with van der Waals surface area (Å²) in [5.41, 5.74) is 0.722. The third-order valence-corrected chi connectivity index (χ3v) is 5.21. The Labute approximate surface area is 144 Å². The van der Waals surface area contributed by atoms with Crippen molar-refractivity contribution in [2.45, 2.75) is 39.0 Å². The highest BCUT2D eigenvalue weighted by Crippen LogP contribution is 2.53. The summed E-state index contributed by atoms with van der Waals surface area (Å²) in [5.74, 6) is -0.520. The Morgan fingerprint density at radius 1 is 1.48 bits per heavy atom. The number of hydrogen-bond donors (Lipinski definition) is 0. The van der Waals surface area contributed by atoms with Crippen LogP contribution in [-0.2, 0) is 16.0 Å². The molecule has 0 bridgehead atoms. The van der Waals surface area contributed by atoms with Gasteiger partial charge in [-0.25, -0.2) is 13.9 Å². The van der Waals surface area contributed by atoms with Crippen molar-refractivity contribution in [3.8, 4) is 0 Å². The van der Waals surface area contributed by atoms with Crippen LogP contribution in [0, 0.1) is 17.2 Å². The predicted molar refractivity (Wildman–Crippen MR) is 86.4 cm³/mol. The van der Waals surface area contributed by atoms with Gasteiger partial charge in [0, 0.05) is 17.9 Å². The molecule has 6 nitrogen and oxygen atoms in total. The van der Waals surface area contributed by atoms with E-state index in [1.54, 1.807) is 12.1 Å². The fourth-order valence-corrected chi connectivity index (χ4v) is 3.98. The number of nitrogens with zero attached hydrogens (tertiary/aromatic N) is 3. The Hall–Kier alpha value is -2.28. The van der Waals surface area contributed by atoms with Gasteiger partial charge in [-0.05, 0) is 24.1 Å². The third kappa shape index (κ3) is 2.82. The van der Waals surface area contributed by atoms with Crippen LogP contribution in [0.3, 0.4) is 0 Å². The largest absolute Gasteiger partial charge is 0.456 e. The Kier molecular flexibility index (Phi) is 3.83. The zero-order valence-corrected chi connectivity index (χ0v) is 14.2. The SMILES string of the molecule is CC1(C)[C@H]2OCC[C@@H]2[C@@H]1OC(=O)c1cn(Cc2cccc(F)c2)nn1. The second-order valence-electron chi connectivity index (χ2n) is 7.32. The van der Waals surface area contributed by atoms with Crippen LogP contribution in [0.25, 0.3) is 0 Å². The number of aromatic nitrogens is 3. The number of ether oxygens (including phenoxy) is 2. The number of carbonyl (C=O) groups is 1. The summed E-state index contributed by atoms with van der Waals surface area (Å²) in [6.07, 6.45) is 2.44. The van der Waals surface area contributed by atoms with E-state index in [1.165, 1.54) is 23.0 Å². The normalized spacial score (nSPS) is 26.8. The summed E-state index contributed by atoms with van der Waals surface area (Å²) in [5, 5.41) is 7.83. The molecule has 0 N–H and O–H groups in total. The van der Waals surface area contributed by atoms with Gasteiger partial charge in [0.1, 0.15) is 11.9 Å². The Morgan fingerprint density at radius 2 is 2.32 bits per heavy atom. The van der Waals surface area contributed by atoms with Gasteiger partial charge < -0.3 is 9.47 Å². The molecule has 25 heavy (non-hydrogen) atoms. The molecule has 1 saturated carbocycles. The highest BCUT2D eigenvalue weighted by molar-refractivity contribution is 5.87. The third-order valence-electron chi connectivity index (χ3n) is 5.21. The molecule has 0 amide bonds. The van der Waals surface area contributed by atoms with E-state index < -0.39 is 5.97 Å². The quantitative estimate of drug-likeness (QED) is 0.796. The Balaban J connectivity index is 1.42. The molecule has 0 spiro atoms. The van der Waals surface area contributed by atoms with Gasteiger partial charge in [0.05, 0.1) is 18.8 Å². The molecule has 4 rings (SSSR count). The summed E-state index contributed by atoms with van der Waals surface area (Å²) in [6.45, 7) is 5.17. The van der Waals surface area contributed by atoms with Gasteiger partial charge in [0.2, 0.25) is 0 Å².